The molecule has 0 bridgehead atoms. The number of thiophene rings is 1. The minimum atomic E-state index is -0.0483. The van der Waals surface area contributed by atoms with Crippen molar-refractivity contribution in [2.75, 3.05) is 0 Å². The van der Waals surface area contributed by atoms with Crippen LogP contribution in [-0.2, 0) is 11.3 Å². The second-order valence-electron chi connectivity index (χ2n) is 6.29. The maximum absolute atomic E-state index is 12.0. The lowest BCUT2D eigenvalue weighted by atomic mass is 9.92. The van der Waals surface area contributed by atoms with Crippen LogP contribution in [0, 0.1) is 5.41 Å². The van der Waals surface area contributed by atoms with Crippen LogP contribution >= 0.6 is 11.3 Å². The summed E-state index contributed by atoms with van der Waals surface area (Å²) in [6, 6.07) is 4.15. The molecule has 0 aromatic carbocycles. The highest BCUT2D eigenvalue weighted by Gasteiger charge is 2.31. The second kappa shape index (κ2) is 5.55. The summed E-state index contributed by atoms with van der Waals surface area (Å²) in [6.45, 7) is 4.60. The second-order valence-corrected chi connectivity index (χ2v) is 7.24. The summed E-state index contributed by atoms with van der Waals surface area (Å²) in [6.07, 6.45) is 3.23. The van der Waals surface area contributed by atoms with E-state index in [1.165, 1.54) is 4.80 Å². The monoisotopic (exact) mass is 305 g/mol. The zero-order valence-corrected chi connectivity index (χ0v) is 13.1. The number of nitrogens with zero attached hydrogens (tertiary/aromatic N) is 4. The normalized spacial score (nSPS) is 20.6. The van der Waals surface area contributed by atoms with Crippen LogP contribution in [0.15, 0.2) is 17.5 Å². The number of rotatable bonds is 4. The van der Waals surface area contributed by atoms with Gasteiger partial charge in [-0.15, -0.1) is 21.5 Å². The van der Waals surface area contributed by atoms with Gasteiger partial charge in [-0.3, -0.25) is 4.79 Å². The van der Waals surface area contributed by atoms with Crippen molar-refractivity contribution in [2.45, 2.75) is 45.7 Å². The molecule has 0 spiro atoms. The van der Waals surface area contributed by atoms with Crippen LogP contribution in [0.25, 0.3) is 10.7 Å². The maximum atomic E-state index is 12.0. The van der Waals surface area contributed by atoms with Crippen LogP contribution in [-0.4, -0.2) is 32.2 Å². The van der Waals surface area contributed by atoms with E-state index in [2.05, 4.69) is 34.6 Å². The van der Waals surface area contributed by atoms with Crippen LogP contribution in [0.5, 0.6) is 0 Å². The Kier molecular flexibility index (Phi) is 3.75. The molecule has 1 unspecified atom stereocenters. The van der Waals surface area contributed by atoms with E-state index in [0.717, 1.165) is 24.1 Å². The van der Waals surface area contributed by atoms with E-state index < -0.39 is 0 Å². The summed E-state index contributed by atoms with van der Waals surface area (Å²) in [7, 11) is 0. The first-order chi connectivity index (χ1) is 10.0. The lowest BCUT2D eigenvalue weighted by Gasteiger charge is -2.17. The van der Waals surface area contributed by atoms with Crippen molar-refractivity contribution in [1.82, 2.24) is 25.5 Å². The highest BCUT2D eigenvalue weighted by atomic mass is 32.1. The topological polar surface area (TPSA) is 72.7 Å². The predicted octanol–water partition coefficient (Wildman–Crippen LogP) is 2.10. The number of aromatic nitrogens is 4. The van der Waals surface area contributed by atoms with Gasteiger partial charge in [0.1, 0.15) is 6.54 Å². The first-order valence-corrected chi connectivity index (χ1v) is 8.01. The fourth-order valence-electron chi connectivity index (χ4n) is 2.78. The summed E-state index contributed by atoms with van der Waals surface area (Å²) in [5.41, 5.74) is 0.329. The molecular weight excluding hydrogens is 286 g/mol. The molecule has 1 fully saturated rings. The molecule has 3 rings (SSSR count). The average Bonchev–Trinajstić information content (AvgIpc) is 3.09. The van der Waals surface area contributed by atoms with Crippen molar-refractivity contribution in [1.29, 1.82) is 0 Å². The Hall–Kier alpha value is -1.76. The smallest absolute Gasteiger partial charge is 0.243 e. The van der Waals surface area contributed by atoms with Gasteiger partial charge in [-0.25, -0.2) is 0 Å². The standard InChI is InChI=1S/C14H19N5OS/c1-14(2)6-5-10(8-14)15-12(20)9-19-17-13(16-18-19)11-4-3-7-21-11/h3-4,7,10H,5-6,8-9H2,1-2H3,(H,15,20). The molecule has 21 heavy (non-hydrogen) atoms. The Morgan fingerprint density at radius 1 is 1.57 bits per heavy atom. The third-order valence-corrected chi connectivity index (χ3v) is 4.68. The molecule has 7 heteroatoms. The zero-order chi connectivity index (χ0) is 14.9. The largest absolute Gasteiger partial charge is 0.352 e. The summed E-state index contributed by atoms with van der Waals surface area (Å²) in [5.74, 6) is 0.521. The van der Waals surface area contributed by atoms with Crippen LogP contribution < -0.4 is 5.32 Å². The Labute approximate surface area is 127 Å². The molecule has 112 valence electrons. The molecule has 1 atom stereocenters. The molecule has 0 radical (unpaired) electrons. The summed E-state index contributed by atoms with van der Waals surface area (Å²) in [5, 5.41) is 17.2. The molecule has 1 N–H and O–H groups in total. The molecule has 2 aromatic heterocycles. The number of amides is 1. The van der Waals surface area contributed by atoms with Crippen LogP contribution in [0.4, 0.5) is 0 Å². The lowest BCUT2D eigenvalue weighted by molar-refractivity contribution is -0.122. The Morgan fingerprint density at radius 3 is 3.10 bits per heavy atom. The Morgan fingerprint density at radius 2 is 2.43 bits per heavy atom. The number of carbonyl (C=O) groups excluding carboxylic acids is 1. The van der Waals surface area contributed by atoms with Crippen LogP contribution in [0.1, 0.15) is 33.1 Å². The van der Waals surface area contributed by atoms with Gasteiger partial charge in [-0.05, 0) is 41.3 Å². The van der Waals surface area contributed by atoms with Gasteiger partial charge < -0.3 is 5.32 Å². The third-order valence-electron chi connectivity index (χ3n) is 3.81. The van der Waals surface area contributed by atoms with Gasteiger partial charge in [0.05, 0.1) is 4.88 Å². The fourth-order valence-corrected chi connectivity index (χ4v) is 3.42. The summed E-state index contributed by atoms with van der Waals surface area (Å²) in [4.78, 5) is 14.3. The number of hydrogen-bond acceptors (Lipinski definition) is 5. The molecule has 1 saturated carbocycles. The Bertz CT molecular complexity index is 619. The minimum absolute atomic E-state index is 0.0483. The molecule has 2 heterocycles. The first-order valence-electron chi connectivity index (χ1n) is 7.13. The quantitative estimate of drug-likeness (QED) is 0.939. The molecular formula is C14H19N5OS. The highest BCUT2D eigenvalue weighted by Crippen LogP contribution is 2.36. The lowest BCUT2D eigenvalue weighted by Crippen LogP contribution is -2.36. The van der Waals surface area contributed by atoms with Gasteiger partial charge in [-0.1, -0.05) is 19.9 Å². The van der Waals surface area contributed by atoms with Gasteiger partial charge >= 0.3 is 0 Å². The van der Waals surface area contributed by atoms with Gasteiger partial charge in [0.2, 0.25) is 11.7 Å². The van der Waals surface area contributed by atoms with Crippen molar-refractivity contribution in [3.63, 3.8) is 0 Å². The van der Waals surface area contributed by atoms with E-state index in [1.807, 2.05) is 17.5 Å². The van der Waals surface area contributed by atoms with Crippen molar-refractivity contribution in [2.24, 2.45) is 5.41 Å². The zero-order valence-electron chi connectivity index (χ0n) is 12.2. The van der Waals surface area contributed by atoms with Crippen molar-refractivity contribution in [3.8, 4) is 10.7 Å². The average molecular weight is 305 g/mol. The molecule has 1 aliphatic carbocycles. The summed E-state index contributed by atoms with van der Waals surface area (Å²) < 4.78 is 0. The minimum Gasteiger partial charge on any atom is -0.352 e. The Balaban J connectivity index is 1.56. The summed E-state index contributed by atoms with van der Waals surface area (Å²) >= 11 is 1.56. The van der Waals surface area contributed by atoms with Crippen molar-refractivity contribution < 1.29 is 4.79 Å². The van der Waals surface area contributed by atoms with Gasteiger partial charge in [0.25, 0.3) is 0 Å². The number of tetrazole rings is 1. The highest BCUT2D eigenvalue weighted by molar-refractivity contribution is 7.13. The van der Waals surface area contributed by atoms with Gasteiger partial charge in [0.15, 0.2) is 0 Å². The molecule has 6 nitrogen and oxygen atoms in total. The fraction of sp³-hybridized carbons (Fsp3) is 0.571. The van der Waals surface area contributed by atoms with Gasteiger partial charge in [-0.2, -0.15) is 4.80 Å². The van der Waals surface area contributed by atoms with Crippen LogP contribution in [0.2, 0.25) is 0 Å². The SMILES string of the molecule is CC1(C)CCC(NC(=O)Cn2nnc(-c3cccs3)n2)C1. The molecule has 1 amide bonds. The van der Waals surface area contributed by atoms with E-state index in [-0.39, 0.29) is 18.5 Å². The molecule has 0 aliphatic heterocycles. The van der Waals surface area contributed by atoms with E-state index in [1.54, 1.807) is 11.3 Å². The predicted molar refractivity (Wildman–Crippen MR) is 80.7 cm³/mol. The van der Waals surface area contributed by atoms with Crippen molar-refractivity contribution >= 4 is 17.2 Å². The third kappa shape index (κ3) is 3.47. The van der Waals surface area contributed by atoms with E-state index >= 15 is 0 Å². The molecule has 2 aromatic rings. The van der Waals surface area contributed by atoms with Crippen LogP contribution in [0.3, 0.4) is 0 Å². The number of carbonyl (C=O) groups is 1. The molecule has 0 saturated heterocycles. The maximum Gasteiger partial charge on any atom is 0.243 e. The first kappa shape index (κ1) is 14.2. The van der Waals surface area contributed by atoms with E-state index in [4.69, 9.17) is 0 Å². The van der Waals surface area contributed by atoms with E-state index in [9.17, 15) is 4.79 Å². The van der Waals surface area contributed by atoms with Gasteiger partial charge in [0, 0.05) is 6.04 Å². The number of nitrogens with one attached hydrogen (secondary N) is 1. The van der Waals surface area contributed by atoms with Crippen molar-refractivity contribution in [3.05, 3.63) is 17.5 Å². The van der Waals surface area contributed by atoms with E-state index in [0.29, 0.717) is 11.2 Å². The molecule has 1 aliphatic rings. The number of hydrogen-bond donors (Lipinski definition) is 1.